The van der Waals surface area contributed by atoms with E-state index in [1.165, 1.54) is 43.0 Å². The van der Waals surface area contributed by atoms with Gasteiger partial charge >= 0.3 is 0 Å². The van der Waals surface area contributed by atoms with E-state index in [0.717, 1.165) is 17.9 Å². The first-order valence-electron chi connectivity index (χ1n) is 7.10. The monoisotopic (exact) mass is 291 g/mol. The van der Waals surface area contributed by atoms with Gasteiger partial charge in [0.1, 0.15) is 5.75 Å². The Bertz CT molecular complexity index is 485. The smallest absolute Gasteiger partial charge is 0.230 e. The molecule has 0 fully saturated rings. The maximum Gasteiger partial charge on any atom is 0.230 e. The first kappa shape index (κ1) is 15.0. The molecule has 2 N–H and O–H groups in total. The summed E-state index contributed by atoms with van der Waals surface area (Å²) in [5.74, 6) is 0.678. The van der Waals surface area contributed by atoms with Crippen molar-refractivity contribution in [3.63, 3.8) is 0 Å². The molecule has 0 radical (unpaired) electrons. The van der Waals surface area contributed by atoms with Crippen LogP contribution in [-0.4, -0.2) is 23.3 Å². The normalized spacial score (nSPS) is 14.7. The summed E-state index contributed by atoms with van der Waals surface area (Å²) in [6.45, 7) is 0.727. The minimum Gasteiger partial charge on any atom is -0.508 e. The van der Waals surface area contributed by atoms with Gasteiger partial charge in [0.2, 0.25) is 5.91 Å². The molecule has 0 unspecified atom stereocenters. The maximum atomic E-state index is 11.7. The van der Waals surface area contributed by atoms with E-state index in [0.29, 0.717) is 5.75 Å². The van der Waals surface area contributed by atoms with Crippen LogP contribution in [0.3, 0.4) is 0 Å². The molecule has 3 nitrogen and oxygen atoms in total. The standard InChI is InChI=1S/C16H21NO2S/c18-14-7-4-8-15(11-14)20-12-16(19)17-10-9-13-5-2-1-3-6-13/h4-5,7-8,11,18H,1-3,6,9-10,12H2,(H,17,19). The first-order valence-corrected chi connectivity index (χ1v) is 8.09. The number of carbonyl (C=O) groups excluding carboxylic acids is 1. The van der Waals surface area contributed by atoms with Gasteiger partial charge in [-0.3, -0.25) is 4.79 Å². The van der Waals surface area contributed by atoms with Crippen molar-refractivity contribution >= 4 is 17.7 Å². The molecule has 0 aromatic heterocycles. The number of benzene rings is 1. The Kier molecular flexibility index (Phi) is 5.99. The second kappa shape index (κ2) is 8.00. The van der Waals surface area contributed by atoms with Crippen LogP contribution >= 0.6 is 11.8 Å². The summed E-state index contributed by atoms with van der Waals surface area (Å²) in [6, 6.07) is 6.97. The molecule has 0 atom stereocenters. The predicted molar refractivity (Wildman–Crippen MR) is 83.0 cm³/mol. The molecule has 0 saturated heterocycles. The molecular formula is C16H21NO2S. The fourth-order valence-corrected chi connectivity index (χ4v) is 3.05. The largest absolute Gasteiger partial charge is 0.508 e. The van der Waals surface area contributed by atoms with Crippen molar-refractivity contribution in [2.45, 2.75) is 37.0 Å². The molecule has 20 heavy (non-hydrogen) atoms. The molecule has 0 heterocycles. The third kappa shape index (κ3) is 5.29. The van der Waals surface area contributed by atoms with Crippen LogP contribution in [-0.2, 0) is 4.79 Å². The molecule has 1 aliphatic carbocycles. The van der Waals surface area contributed by atoms with Gasteiger partial charge in [0.05, 0.1) is 5.75 Å². The highest BCUT2D eigenvalue weighted by Gasteiger charge is 2.06. The Labute approximate surface area is 124 Å². The van der Waals surface area contributed by atoms with Crippen molar-refractivity contribution in [1.82, 2.24) is 5.32 Å². The summed E-state index contributed by atoms with van der Waals surface area (Å²) >= 11 is 1.44. The highest BCUT2D eigenvalue weighted by molar-refractivity contribution is 8.00. The van der Waals surface area contributed by atoms with Crippen LogP contribution in [0.4, 0.5) is 0 Å². The summed E-state index contributed by atoms with van der Waals surface area (Å²) in [5, 5.41) is 12.3. The van der Waals surface area contributed by atoms with E-state index in [-0.39, 0.29) is 11.7 Å². The van der Waals surface area contributed by atoms with Crippen molar-refractivity contribution in [2.75, 3.05) is 12.3 Å². The molecule has 0 aliphatic heterocycles. The average Bonchev–Trinajstić information content (AvgIpc) is 2.46. The fraction of sp³-hybridized carbons (Fsp3) is 0.438. The number of carbonyl (C=O) groups is 1. The lowest BCUT2D eigenvalue weighted by Crippen LogP contribution is -2.26. The predicted octanol–water partition coefficient (Wildman–Crippen LogP) is 3.49. The molecule has 108 valence electrons. The Hall–Kier alpha value is -1.42. The lowest BCUT2D eigenvalue weighted by Gasteiger charge is -2.12. The summed E-state index contributed by atoms with van der Waals surface area (Å²) in [6.07, 6.45) is 8.26. The molecule has 0 saturated carbocycles. The van der Waals surface area contributed by atoms with E-state index >= 15 is 0 Å². The third-order valence-corrected chi connectivity index (χ3v) is 4.33. The number of thioether (sulfide) groups is 1. The summed E-state index contributed by atoms with van der Waals surface area (Å²) in [4.78, 5) is 12.6. The molecule has 0 bridgehead atoms. The Morgan fingerprint density at radius 1 is 1.35 bits per heavy atom. The highest BCUT2D eigenvalue weighted by Crippen LogP contribution is 2.22. The topological polar surface area (TPSA) is 49.3 Å². The number of phenolic OH excluding ortho intramolecular Hbond substituents is 1. The molecule has 1 aromatic carbocycles. The van der Waals surface area contributed by atoms with E-state index in [2.05, 4.69) is 11.4 Å². The van der Waals surface area contributed by atoms with Gasteiger partial charge in [-0.05, 0) is 50.3 Å². The highest BCUT2D eigenvalue weighted by atomic mass is 32.2. The summed E-state index contributed by atoms with van der Waals surface area (Å²) < 4.78 is 0. The molecule has 1 aromatic rings. The molecular weight excluding hydrogens is 270 g/mol. The fourth-order valence-electron chi connectivity index (χ4n) is 2.27. The van der Waals surface area contributed by atoms with Gasteiger partial charge in [-0.2, -0.15) is 0 Å². The van der Waals surface area contributed by atoms with Crippen molar-refractivity contribution in [1.29, 1.82) is 0 Å². The average molecular weight is 291 g/mol. The maximum absolute atomic E-state index is 11.7. The zero-order valence-electron chi connectivity index (χ0n) is 11.6. The second-order valence-electron chi connectivity index (χ2n) is 4.99. The number of phenols is 1. The van der Waals surface area contributed by atoms with Gasteiger partial charge in [0, 0.05) is 11.4 Å². The van der Waals surface area contributed by atoms with Crippen LogP contribution in [0.5, 0.6) is 5.75 Å². The van der Waals surface area contributed by atoms with Crippen LogP contribution < -0.4 is 5.32 Å². The number of nitrogens with one attached hydrogen (secondary N) is 1. The number of hydrogen-bond acceptors (Lipinski definition) is 3. The summed E-state index contributed by atoms with van der Waals surface area (Å²) in [7, 11) is 0. The van der Waals surface area contributed by atoms with Crippen molar-refractivity contribution < 1.29 is 9.90 Å². The van der Waals surface area contributed by atoms with E-state index in [9.17, 15) is 9.90 Å². The molecule has 4 heteroatoms. The number of hydrogen-bond donors (Lipinski definition) is 2. The lowest BCUT2D eigenvalue weighted by molar-refractivity contribution is -0.118. The van der Waals surface area contributed by atoms with Crippen LogP contribution in [0.25, 0.3) is 0 Å². The van der Waals surface area contributed by atoms with Crippen LogP contribution in [0.1, 0.15) is 32.1 Å². The third-order valence-electron chi connectivity index (χ3n) is 3.34. The number of allylic oxidation sites excluding steroid dienone is 1. The minimum absolute atomic E-state index is 0.0507. The van der Waals surface area contributed by atoms with Gasteiger partial charge in [-0.25, -0.2) is 0 Å². The van der Waals surface area contributed by atoms with E-state index in [1.54, 1.807) is 18.2 Å². The van der Waals surface area contributed by atoms with Gasteiger partial charge < -0.3 is 10.4 Å². The van der Waals surface area contributed by atoms with Gasteiger partial charge in [-0.15, -0.1) is 11.8 Å². The lowest BCUT2D eigenvalue weighted by atomic mass is 9.97. The Morgan fingerprint density at radius 3 is 3.00 bits per heavy atom. The Morgan fingerprint density at radius 2 is 2.25 bits per heavy atom. The summed E-state index contributed by atoms with van der Waals surface area (Å²) in [5.41, 5.74) is 1.48. The molecule has 0 spiro atoms. The quantitative estimate of drug-likeness (QED) is 0.623. The van der Waals surface area contributed by atoms with Crippen molar-refractivity contribution in [3.05, 3.63) is 35.9 Å². The van der Waals surface area contributed by atoms with Crippen LogP contribution in [0.15, 0.2) is 40.8 Å². The number of rotatable bonds is 6. The first-order chi connectivity index (χ1) is 9.74. The van der Waals surface area contributed by atoms with E-state index < -0.39 is 0 Å². The van der Waals surface area contributed by atoms with Gasteiger partial charge in [0.15, 0.2) is 0 Å². The zero-order valence-corrected chi connectivity index (χ0v) is 12.4. The minimum atomic E-state index is 0.0507. The molecule has 1 aliphatic rings. The van der Waals surface area contributed by atoms with Gasteiger partial charge in [-0.1, -0.05) is 17.7 Å². The van der Waals surface area contributed by atoms with E-state index in [4.69, 9.17) is 0 Å². The van der Waals surface area contributed by atoms with Crippen molar-refractivity contribution in [3.8, 4) is 5.75 Å². The van der Waals surface area contributed by atoms with E-state index in [1.807, 2.05) is 6.07 Å². The number of aromatic hydroxyl groups is 1. The van der Waals surface area contributed by atoms with Gasteiger partial charge in [0.25, 0.3) is 0 Å². The molecule has 1 amide bonds. The van der Waals surface area contributed by atoms with Crippen LogP contribution in [0.2, 0.25) is 0 Å². The zero-order chi connectivity index (χ0) is 14.2. The van der Waals surface area contributed by atoms with Crippen molar-refractivity contribution in [2.24, 2.45) is 0 Å². The SMILES string of the molecule is O=C(CSc1cccc(O)c1)NCCC1=CCCCC1. The number of amides is 1. The molecule has 2 rings (SSSR count). The van der Waals surface area contributed by atoms with Crippen LogP contribution in [0, 0.1) is 0 Å². The Balaban J connectivity index is 1.64. The second-order valence-corrected chi connectivity index (χ2v) is 6.04.